The second-order valence-corrected chi connectivity index (χ2v) is 4.84. The van der Waals surface area contributed by atoms with Crippen LogP contribution < -0.4 is 16.4 Å². The first-order valence-electron chi connectivity index (χ1n) is 6.42. The van der Waals surface area contributed by atoms with Crippen molar-refractivity contribution < 1.29 is 14.3 Å². The Labute approximate surface area is 108 Å². The van der Waals surface area contributed by atoms with Crippen molar-refractivity contribution in [1.82, 2.24) is 10.6 Å². The molecule has 0 aromatic rings. The Balaban J connectivity index is 2.21. The average molecular weight is 257 g/mol. The van der Waals surface area contributed by atoms with Crippen LogP contribution in [-0.2, 0) is 14.3 Å². The Hall–Kier alpha value is -1.14. The highest BCUT2D eigenvalue weighted by Crippen LogP contribution is 2.15. The van der Waals surface area contributed by atoms with Crippen LogP contribution in [0.25, 0.3) is 0 Å². The predicted octanol–water partition coefficient (Wildman–Crippen LogP) is -0.475. The summed E-state index contributed by atoms with van der Waals surface area (Å²) in [6.07, 6.45) is 1.69. The smallest absolute Gasteiger partial charge is 0.242 e. The maximum atomic E-state index is 11.8. The molecule has 0 saturated carbocycles. The lowest BCUT2D eigenvalue weighted by Gasteiger charge is -2.20. The van der Waals surface area contributed by atoms with Crippen molar-refractivity contribution in [3.63, 3.8) is 0 Å². The molecule has 1 fully saturated rings. The van der Waals surface area contributed by atoms with Crippen LogP contribution in [0.15, 0.2) is 0 Å². The zero-order valence-corrected chi connectivity index (χ0v) is 11.1. The Bertz CT molecular complexity index is 301. The van der Waals surface area contributed by atoms with Crippen molar-refractivity contribution in [3.8, 4) is 0 Å². The van der Waals surface area contributed by atoms with Gasteiger partial charge in [0.1, 0.15) is 5.54 Å². The summed E-state index contributed by atoms with van der Waals surface area (Å²) in [7, 11) is 0. The molecule has 1 aliphatic heterocycles. The van der Waals surface area contributed by atoms with Crippen LogP contribution in [0.5, 0.6) is 0 Å². The number of carbonyl (C=O) groups excluding carboxylic acids is 2. The summed E-state index contributed by atoms with van der Waals surface area (Å²) < 4.78 is 5.11. The molecule has 0 spiro atoms. The van der Waals surface area contributed by atoms with Gasteiger partial charge in [0.2, 0.25) is 11.8 Å². The maximum Gasteiger partial charge on any atom is 0.242 e. The van der Waals surface area contributed by atoms with Crippen molar-refractivity contribution >= 4 is 11.8 Å². The zero-order valence-electron chi connectivity index (χ0n) is 11.1. The van der Waals surface area contributed by atoms with Gasteiger partial charge in [0, 0.05) is 25.6 Å². The molecule has 2 amide bonds. The van der Waals surface area contributed by atoms with E-state index in [1.165, 1.54) is 0 Å². The second kappa shape index (κ2) is 6.70. The van der Waals surface area contributed by atoms with Crippen LogP contribution in [0.2, 0.25) is 0 Å². The normalized spacial score (nSPS) is 24.6. The number of ether oxygens (including phenoxy) is 1. The molecule has 0 aliphatic carbocycles. The quantitative estimate of drug-likeness (QED) is 0.599. The molecule has 0 radical (unpaired) electrons. The Morgan fingerprint density at radius 3 is 2.78 bits per heavy atom. The number of amides is 2. The molecule has 1 heterocycles. The summed E-state index contributed by atoms with van der Waals surface area (Å²) in [5, 5.41) is 5.52. The van der Waals surface area contributed by atoms with E-state index < -0.39 is 5.54 Å². The van der Waals surface area contributed by atoms with Crippen LogP contribution in [0.3, 0.4) is 0 Å². The van der Waals surface area contributed by atoms with Crippen molar-refractivity contribution in [1.29, 1.82) is 0 Å². The van der Waals surface area contributed by atoms with E-state index in [4.69, 9.17) is 10.5 Å². The molecule has 0 aromatic heterocycles. The van der Waals surface area contributed by atoms with E-state index in [1.807, 2.05) is 13.8 Å². The van der Waals surface area contributed by atoms with Gasteiger partial charge in [-0.05, 0) is 19.8 Å². The fourth-order valence-electron chi connectivity index (χ4n) is 1.67. The summed E-state index contributed by atoms with van der Waals surface area (Å²) in [5.41, 5.74) is 4.96. The fourth-order valence-corrected chi connectivity index (χ4v) is 1.67. The molecule has 1 saturated heterocycles. The molecule has 0 aromatic carbocycles. The van der Waals surface area contributed by atoms with E-state index in [-0.39, 0.29) is 30.9 Å². The highest BCUT2D eigenvalue weighted by Gasteiger charge is 2.37. The first kappa shape index (κ1) is 14.9. The van der Waals surface area contributed by atoms with Gasteiger partial charge in [-0.1, -0.05) is 6.92 Å². The van der Waals surface area contributed by atoms with Gasteiger partial charge in [-0.2, -0.15) is 0 Å². The number of hydrogen-bond donors (Lipinski definition) is 3. The van der Waals surface area contributed by atoms with Crippen molar-refractivity contribution in [3.05, 3.63) is 0 Å². The Morgan fingerprint density at radius 2 is 2.22 bits per heavy atom. The van der Waals surface area contributed by atoms with Crippen molar-refractivity contribution in [2.45, 2.75) is 44.7 Å². The van der Waals surface area contributed by atoms with Gasteiger partial charge >= 0.3 is 0 Å². The molecule has 18 heavy (non-hydrogen) atoms. The molecule has 1 aliphatic rings. The van der Waals surface area contributed by atoms with Gasteiger partial charge in [-0.3, -0.25) is 9.59 Å². The highest BCUT2D eigenvalue weighted by molar-refractivity contribution is 5.87. The number of nitrogens with two attached hydrogens (primary N) is 1. The minimum absolute atomic E-state index is 0.0570. The summed E-state index contributed by atoms with van der Waals surface area (Å²) in [4.78, 5) is 23.3. The van der Waals surface area contributed by atoms with E-state index in [0.29, 0.717) is 19.6 Å². The standard InChI is InChI=1S/C12H23N3O3/c1-3-9(2)15-10(16)4-6-14-11(17)12(13)5-7-18-8-12/h9H,3-8,13H2,1-2H3,(H,14,17)(H,15,16). The van der Waals surface area contributed by atoms with Crippen molar-refractivity contribution in [2.75, 3.05) is 19.8 Å². The minimum Gasteiger partial charge on any atom is -0.379 e. The van der Waals surface area contributed by atoms with Crippen molar-refractivity contribution in [2.24, 2.45) is 5.73 Å². The van der Waals surface area contributed by atoms with Gasteiger partial charge in [0.05, 0.1) is 6.61 Å². The first-order chi connectivity index (χ1) is 8.48. The van der Waals surface area contributed by atoms with E-state index in [2.05, 4.69) is 10.6 Å². The van der Waals surface area contributed by atoms with Gasteiger partial charge in [0.25, 0.3) is 0 Å². The number of rotatable bonds is 6. The molecule has 2 atom stereocenters. The van der Waals surface area contributed by atoms with Crippen LogP contribution in [0.1, 0.15) is 33.1 Å². The van der Waals surface area contributed by atoms with Crippen LogP contribution >= 0.6 is 0 Å². The molecule has 2 unspecified atom stereocenters. The third-order valence-electron chi connectivity index (χ3n) is 3.16. The highest BCUT2D eigenvalue weighted by atomic mass is 16.5. The third-order valence-corrected chi connectivity index (χ3v) is 3.16. The molecular weight excluding hydrogens is 234 g/mol. The minimum atomic E-state index is -0.923. The predicted molar refractivity (Wildman–Crippen MR) is 67.9 cm³/mol. The largest absolute Gasteiger partial charge is 0.379 e. The van der Waals surface area contributed by atoms with Gasteiger partial charge in [-0.25, -0.2) is 0 Å². The SMILES string of the molecule is CCC(C)NC(=O)CCNC(=O)C1(N)CCOC1. The molecule has 4 N–H and O–H groups in total. The fraction of sp³-hybridized carbons (Fsp3) is 0.833. The molecular formula is C12H23N3O3. The summed E-state index contributed by atoms with van der Waals surface area (Å²) >= 11 is 0. The summed E-state index contributed by atoms with van der Waals surface area (Å²) in [5.74, 6) is -0.297. The summed E-state index contributed by atoms with van der Waals surface area (Å²) in [6.45, 7) is 5.02. The number of carbonyl (C=O) groups is 2. The molecule has 6 heteroatoms. The lowest BCUT2D eigenvalue weighted by atomic mass is 9.99. The van der Waals surface area contributed by atoms with Crippen LogP contribution in [0, 0.1) is 0 Å². The van der Waals surface area contributed by atoms with Crippen LogP contribution in [0.4, 0.5) is 0 Å². The first-order valence-corrected chi connectivity index (χ1v) is 6.42. The van der Waals surface area contributed by atoms with E-state index in [1.54, 1.807) is 0 Å². The van der Waals surface area contributed by atoms with Gasteiger partial charge in [0.15, 0.2) is 0 Å². The van der Waals surface area contributed by atoms with Gasteiger partial charge < -0.3 is 21.1 Å². The van der Waals surface area contributed by atoms with E-state index in [0.717, 1.165) is 6.42 Å². The van der Waals surface area contributed by atoms with Crippen LogP contribution in [-0.4, -0.2) is 43.2 Å². The Morgan fingerprint density at radius 1 is 1.50 bits per heavy atom. The third kappa shape index (κ3) is 4.27. The van der Waals surface area contributed by atoms with E-state index >= 15 is 0 Å². The van der Waals surface area contributed by atoms with E-state index in [9.17, 15) is 9.59 Å². The second-order valence-electron chi connectivity index (χ2n) is 4.84. The molecule has 104 valence electrons. The number of hydrogen-bond acceptors (Lipinski definition) is 4. The zero-order chi connectivity index (χ0) is 13.6. The average Bonchev–Trinajstić information content (AvgIpc) is 2.77. The number of nitrogens with one attached hydrogen (secondary N) is 2. The Kier molecular flexibility index (Phi) is 5.55. The lowest BCUT2D eigenvalue weighted by molar-refractivity contribution is -0.126. The maximum absolute atomic E-state index is 11.8. The molecule has 1 rings (SSSR count). The van der Waals surface area contributed by atoms with Gasteiger partial charge in [-0.15, -0.1) is 0 Å². The monoisotopic (exact) mass is 257 g/mol. The molecule has 6 nitrogen and oxygen atoms in total. The topological polar surface area (TPSA) is 93.5 Å². The molecule has 0 bridgehead atoms. The lowest BCUT2D eigenvalue weighted by Crippen LogP contribution is -2.55. The summed E-state index contributed by atoms with van der Waals surface area (Å²) in [6, 6.07) is 0.164.